The molecule has 2 aromatic carbocycles. The predicted octanol–water partition coefficient (Wildman–Crippen LogP) is 4.35. The van der Waals surface area contributed by atoms with E-state index in [1.54, 1.807) is 43.3 Å². The topological polar surface area (TPSA) is 75.2 Å². The summed E-state index contributed by atoms with van der Waals surface area (Å²) in [6, 6.07) is 13.5. The van der Waals surface area contributed by atoms with Gasteiger partial charge in [0.25, 0.3) is 0 Å². The van der Waals surface area contributed by atoms with Crippen molar-refractivity contribution in [1.29, 1.82) is 0 Å². The number of aromatic amines is 1. The van der Waals surface area contributed by atoms with E-state index >= 15 is 0 Å². The van der Waals surface area contributed by atoms with Crippen LogP contribution in [0.5, 0.6) is 5.75 Å². The Hall–Kier alpha value is -3.22. The maximum Gasteiger partial charge on any atom is 0.387 e. The Bertz CT molecular complexity index is 908. The second kappa shape index (κ2) is 6.72. The van der Waals surface area contributed by atoms with Gasteiger partial charge in [0, 0.05) is 16.8 Å². The lowest BCUT2D eigenvalue weighted by atomic mass is 10.0. The molecule has 0 saturated heterocycles. The zero-order valence-electron chi connectivity index (χ0n) is 13.2. The van der Waals surface area contributed by atoms with Crippen molar-refractivity contribution in [3.63, 3.8) is 0 Å². The Balaban J connectivity index is 2.11. The minimum Gasteiger partial charge on any atom is -0.476 e. The molecule has 3 aromatic rings. The molecule has 0 saturated carbocycles. The predicted molar refractivity (Wildman–Crippen MR) is 87.8 cm³/mol. The first-order valence-electron chi connectivity index (χ1n) is 7.40. The molecule has 0 unspecified atom stereocenters. The van der Waals surface area contributed by atoms with E-state index < -0.39 is 12.6 Å². The summed E-state index contributed by atoms with van der Waals surface area (Å²) in [4.78, 5) is 18.1. The van der Waals surface area contributed by atoms with Gasteiger partial charge >= 0.3 is 12.6 Å². The van der Waals surface area contributed by atoms with Gasteiger partial charge in [-0.1, -0.05) is 30.3 Å². The molecule has 1 heterocycles. The van der Waals surface area contributed by atoms with E-state index in [1.165, 1.54) is 6.07 Å². The summed E-state index contributed by atoms with van der Waals surface area (Å²) in [6.45, 7) is -1.34. The number of aromatic carboxylic acids is 1. The van der Waals surface area contributed by atoms with Crippen molar-refractivity contribution in [3.05, 3.63) is 59.9 Å². The largest absolute Gasteiger partial charge is 0.476 e. The molecule has 0 aliphatic carbocycles. The molecular weight excluding hydrogens is 330 g/mol. The zero-order chi connectivity index (χ0) is 18.0. The Labute approximate surface area is 141 Å². The Kier molecular flexibility index (Phi) is 4.47. The number of aromatic nitrogens is 2. The van der Waals surface area contributed by atoms with Gasteiger partial charge < -0.3 is 14.8 Å². The van der Waals surface area contributed by atoms with E-state index in [0.717, 1.165) is 0 Å². The van der Waals surface area contributed by atoms with Gasteiger partial charge in [-0.15, -0.1) is 0 Å². The number of nitrogens with zero attached hydrogens (tertiary/aromatic N) is 1. The molecule has 1 aromatic heterocycles. The third-order valence-electron chi connectivity index (χ3n) is 3.64. The van der Waals surface area contributed by atoms with E-state index in [2.05, 4.69) is 14.7 Å². The number of benzene rings is 2. The van der Waals surface area contributed by atoms with Crippen LogP contribution in [0.4, 0.5) is 8.78 Å². The number of alkyl halides is 2. The summed E-state index contributed by atoms with van der Waals surface area (Å²) in [7, 11) is 0. The monoisotopic (exact) mass is 344 g/mol. The molecule has 7 heteroatoms. The van der Waals surface area contributed by atoms with Crippen molar-refractivity contribution < 1.29 is 23.4 Å². The average Bonchev–Trinajstić information content (AvgIpc) is 2.97. The molecule has 0 fully saturated rings. The highest BCUT2D eigenvalue weighted by atomic mass is 19.3. The zero-order valence-corrected chi connectivity index (χ0v) is 13.2. The summed E-state index contributed by atoms with van der Waals surface area (Å²) in [5, 5.41) is 9.12. The summed E-state index contributed by atoms with van der Waals surface area (Å²) in [6.07, 6.45) is 0. The van der Waals surface area contributed by atoms with E-state index in [1.807, 2.05) is 6.07 Å². The summed E-state index contributed by atoms with van der Waals surface area (Å²) in [5.74, 6) is -0.761. The fourth-order valence-corrected chi connectivity index (χ4v) is 2.52. The highest BCUT2D eigenvalue weighted by Crippen LogP contribution is 2.34. The van der Waals surface area contributed by atoms with Gasteiger partial charge in [0.15, 0.2) is 5.69 Å². The molecule has 0 aliphatic rings. The van der Waals surface area contributed by atoms with Gasteiger partial charge in [0.05, 0.1) is 0 Å². The third-order valence-corrected chi connectivity index (χ3v) is 3.64. The summed E-state index contributed by atoms with van der Waals surface area (Å²) in [5.41, 5.74) is 2.06. The Morgan fingerprint density at radius 3 is 2.48 bits per heavy atom. The molecule has 0 aliphatic heterocycles. The maximum atomic E-state index is 12.7. The third kappa shape index (κ3) is 3.50. The lowest BCUT2D eigenvalue weighted by Crippen LogP contribution is -2.03. The van der Waals surface area contributed by atoms with Crippen LogP contribution in [0.3, 0.4) is 0 Å². The minimum atomic E-state index is -2.95. The first-order valence-corrected chi connectivity index (χ1v) is 7.40. The molecule has 0 radical (unpaired) electrons. The fraction of sp³-hybridized carbons (Fsp3) is 0.111. The second-order valence-electron chi connectivity index (χ2n) is 5.32. The molecule has 0 amide bonds. The van der Waals surface area contributed by atoms with Gasteiger partial charge in [-0.3, -0.25) is 0 Å². The molecule has 0 bridgehead atoms. The van der Waals surface area contributed by atoms with Crippen LogP contribution in [0, 0.1) is 6.92 Å². The van der Waals surface area contributed by atoms with Gasteiger partial charge in [0.1, 0.15) is 11.6 Å². The number of carboxylic acid groups (broad SMARTS) is 1. The van der Waals surface area contributed by atoms with Crippen LogP contribution in [-0.2, 0) is 0 Å². The summed E-state index contributed by atoms with van der Waals surface area (Å²) >= 11 is 0. The highest BCUT2D eigenvalue weighted by Gasteiger charge is 2.17. The van der Waals surface area contributed by atoms with Crippen LogP contribution in [0.25, 0.3) is 22.5 Å². The maximum absolute atomic E-state index is 12.7. The SMILES string of the molecule is Cc1[nH]c(-c2ccc(OC(F)F)c(-c3ccccc3)c2)nc1C(=O)O. The van der Waals surface area contributed by atoms with Crippen molar-refractivity contribution in [2.24, 2.45) is 0 Å². The first kappa shape index (κ1) is 16.6. The van der Waals surface area contributed by atoms with Crippen LogP contribution >= 0.6 is 0 Å². The summed E-state index contributed by atoms with van der Waals surface area (Å²) < 4.78 is 30.0. The van der Waals surface area contributed by atoms with E-state index in [9.17, 15) is 13.6 Å². The number of H-pyrrole nitrogens is 1. The lowest BCUT2D eigenvalue weighted by molar-refractivity contribution is -0.0494. The van der Waals surface area contributed by atoms with E-state index in [-0.39, 0.29) is 11.4 Å². The number of aryl methyl sites for hydroxylation is 1. The normalized spacial score (nSPS) is 10.9. The number of imidazole rings is 1. The number of carboxylic acids is 1. The van der Waals surface area contributed by atoms with Crippen LogP contribution < -0.4 is 4.74 Å². The average molecular weight is 344 g/mol. The first-order chi connectivity index (χ1) is 12.0. The standard InChI is InChI=1S/C18H14F2N2O3/c1-10-15(17(23)24)22-16(21-10)12-7-8-14(25-18(19)20)13(9-12)11-5-3-2-4-6-11/h2-9,18H,1H3,(H,21,22)(H,23,24). The molecular formula is C18H14F2N2O3. The Morgan fingerprint density at radius 2 is 1.88 bits per heavy atom. The van der Waals surface area contributed by atoms with Crippen molar-refractivity contribution in [3.8, 4) is 28.3 Å². The number of carbonyl (C=O) groups is 1. The number of hydrogen-bond donors (Lipinski definition) is 2. The van der Waals surface area contributed by atoms with Crippen molar-refractivity contribution >= 4 is 5.97 Å². The van der Waals surface area contributed by atoms with Crippen molar-refractivity contribution in [2.45, 2.75) is 13.5 Å². The number of ether oxygens (including phenoxy) is 1. The molecule has 128 valence electrons. The van der Waals surface area contributed by atoms with Crippen molar-refractivity contribution in [1.82, 2.24) is 9.97 Å². The van der Waals surface area contributed by atoms with E-state index in [4.69, 9.17) is 5.11 Å². The molecule has 25 heavy (non-hydrogen) atoms. The quantitative estimate of drug-likeness (QED) is 0.721. The molecule has 3 rings (SSSR count). The van der Waals surface area contributed by atoms with Crippen LogP contribution in [0.1, 0.15) is 16.2 Å². The second-order valence-corrected chi connectivity index (χ2v) is 5.32. The van der Waals surface area contributed by atoms with Gasteiger partial charge in [-0.05, 0) is 30.7 Å². The van der Waals surface area contributed by atoms with Gasteiger partial charge in [-0.2, -0.15) is 8.78 Å². The van der Waals surface area contributed by atoms with Gasteiger partial charge in [-0.25, -0.2) is 9.78 Å². The van der Waals surface area contributed by atoms with Crippen LogP contribution in [0.15, 0.2) is 48.5 Å². The molecule has 5 nitrogen and oxygen atoms in total. The highest BCUT2D eigenvalue weighted by molar-refractivity contribution is 5.87. The smallest absolute Gasteiger partial charge is 0.387 e. The van der Waals surface area contributed by atoms with Gasteiger partial charge in [0.2, 0.25) is 0 Å². The number of nitrogens with one attached hydrogen (secondary N) is 1. The number of rotatable bonds is 5. The van der Waals surface area contributed by atoms with E-state index in [0.29, 0.717) is 28.2 Å². The fourth-order valence-electron chi connectivity index (χ4n) is 2.52. The minimum absolute atomic E-state index is 0.0340. The number of halogens is 2. The molecule has 0 spiro atoms. The number of hydrogen-bond acceptors (Lipinski definition) is 3. The lowest BCUT2D eigenvalue weighted by Gasteiger charge is -2.12. The van der Waals surface area contributed by atoms with Crippen LogP contribution in [-0.4, -0.2) is 27.7 Å². The molecule has 2 N–H and O–H groups in total. The van der Waals surface area contributed by atoms with Crippen molar-refractivity contribution in [2.75, 3.05) is 0 Å². The Morgan fingerprint density at radius 1 is 1.16 bits per heavy atom. The molecule has 0 atom stereocenters. The van der Waals surface area contributed by atoms with Crippen LogP contribution in [0.2, 0.25) is 0 Å².